The largest absolute Gasteiger partial charge is 0.377 e. The van der Waals surface area contributed by atoms with E-state index < -0.39 is 0 Å². The van der Waals surface area contributed by atoms with E-state index in [1.807, 2.05) is 38.2 Å². The second-order valence-electron chi connectivity index (χ2n) is 10.9. The van der Waals surface area contributed by atoms with Crippen LogP contribution in [0.2, 0.25) is 5.15 Å². The van der Waals surface area contributed by atoms with Gasteiger partial charge in [-0.2, -0.15) is 5.26 Å². The molecule has 3 unspecified atom stereocenters. The van der Waals surface area contributed by atoms with Gasteiger partial charge in [0, 0.05) is 38.2 Å². The van der Waals surface area contributed by atoms with Crippen molar-refractivity contribution in [2.45, 2.75) is 25.8 Å². The fraction of sp³-hybridized carbons (Fsp3) is 0.333. The van der Waals surface area contributed by atoms with Gasteiger partial charge in [-0.15, -0.1) is 0 Å². The van der Waals surface area contributed by atoms with Crippen molar-refractivity contribution >= 4 is 52.0 Å². The van der Waals surface area contributed by atoms with Crippen LogP contribution in [0.3, 0.4) is 0 Å². The van der Waals surface area contributed by atoms with Crippen molar-refractivity contribution in [2.75, 3.05) is 29.6 Å². The maximum absolute atomic E-state index is 13.6. The Balaban J connectivity index is 1.31. The van der Waals surface area contributed by atoms with Crippen molar-refractivity contribution in [2.24, 2.45) is 18.9 Å². The van der Waals surface area contributed by atoms with E-state index in [0.29, 0.717) is 46.0 Å². The van der Waals surface area contributed by atoms with Crippen LogP contribution >= 0.6 is 23.5 Å². The van der Waals surface area contributed by atoms with Gasteiger partial charge in [0.25, 0.3) is 11.5 Å². The van der Waals surface area contributed by atoms with Gasteiger partial charge in [-0.05, 0) is 67.0 Å². The minimum Gasteiger partial charge on any atom is -0.377 e. The minimum absolute atomic E-state index is 0.103. The van der Waals surface area contributed by atoms with Crippen LogP contribution in [0, 0.1) is 30.1 Å². The quantitative estimate of drug-likeness (QED) is 0.231. The molecule has 0 spiro atoms. The number of rotatable bonds is 7. The molecule has 2 fully saturated rings. The number of aryl methyl sites for hydroxylation is 1. The average molecular weight is 601 g/mol. The van der Waals surface area contributed by atoms with Crippen molar-refractivity contribution < 1.29 is 4.79 Å². The number of fused-ring (bicyclic) bond motifs is 2. The molecule has 1 aromatic carbocycles. The monoisotopic (exact) mass is 600 g/mol. The number of carbonyl (C=O) groups excluding carboxylic acids is 1. The smallest absolute Gasteiger partial charge is 0.281 e. The minimum atomic E-state index is -0.356. The molecule has 42 heavy (non-hydrogen) atoms. The number of halogens is 1. The highest BCUT2D eigenvalue weighted by Crippen LogP contribution is 2.58. The lowest BCUT2D eigenvalue weighted by atomic mass is 10.0. The zero-order valence-electron chi connectivity index (χ0n) is 23.6. The summed E-state index contributed by atoms with van der Waals surface area (Å²) in [6, 6.07) is 12.8. The molecule has 214 valence electrons. The number of nitriles is 1. The predicted molar refractivity (Wildman–Crippen MR) is 165 cm³/mol. The van der Waals surface area contributed by atoms with Crippen molar-refractivity contribution in [3.8, 4) is 6.07 Å². The molecule has 4 heterocycles. The fourth-order valence-electron chi connectivity index (χ4n) is 6.18. The molecule has 0 radical (unpaired) electrons. The van der Waals surface area contributed by atoms with Gasteiger partial charge < -0.3 is 10.2 Å². The third-order valence-corrected chi connectivity index (χ3v) is 8.80. The van der Waals surface area contributed by atoms with Gasteiger partial charge in [-0.1, -0.05) is 35.7 Å². The topological polar surface area (TPSA) is 129 Å². The van der Waals surface area contributed by atoms with E-state index in [0.717, 1.165) is 29.8 Å². The Kier molecular flexibility index (Phi) is 7.29. The second-order valence-corrected chi connectivity index (χ2v) is 11.9. The van der Waals surface area contributed by atoms with Crippen molar-refractivity contribution in [3.63, 3.8) is 0 Å². The molecule has 10 nitrogen and oxygen atoms in total. The molecule has 2 aliphatic rings. The molecule has 1 amide bonds. The number of pyridine rings is 2. The molecule has 1 saturated carbocycles. The summed E-state index contributed by atoms with van der Waals surface area (Å²) >= 11 is 7.28. The summed E-state index contributed by atoms with van der Waals surface area (Å²) in [5.41, 5.74) is 4.60. The standard InChI is InChI=1S/C30H29ClN8O2S/c1-15-9-19(16(2)34-23-7-8-24(31)35-27(23)28(40)37-42-4)26-20(10-15)29(41)38(3)30(36-26)39-13-21-22(14-39)25(21)17-5-6-18(11-32)33-12-17/h5-10,12,16,21-22,25,34H,13-14H2,1-4H3,(H,37,40). The molecular weight excluding hydrogens is 572 g/mol. The third-order valence-electron chi connectivity index (χ3n) is 8.20. The van der Waals surface area contributed by atoms with Crippen LogP contribution in [-0.4, -0.2) is 44.8 Å². The number of benzene rings is 1. The number of hydrogen-bond donors (Lipinski definition) is 2. The first-order valence-corrected chi connectivity index (χ1v) is 15.2. The third kappa shape index (κ3) is 4.95. The van der Waals surface area contributed by atoms with Gasteiger partial charge in [0.05, 0.1) is 22.6 Å². The number of nitrogens with zero attached hydrogens (tertiary/aromatic N) is 6. The number of hydrogen-bond acceptors (Lipinski definition) is 9. The van der Waals surface area contributed by atoms with Crippen LogP contribution in [0.25, 0.3) is 10.9 Å². The Morgan fingerprint density at radius 1 is 1.19 bits per heavy atom. The zero-order chi connectivity index (χ0) is 29.7. The normalized spacial score (nSPS) is 19.7. The second kappa shape index (κ2) is 10.9. The molecule has 1 saturated heterocycles. The van der Waals surface area contributed by atoms with Crippen molar-refractivity contribution in [3.05, 3.63) is 86.2 Å². The zero-order valence-corrected chi connectivity index (χ0v) is 25.1. The van der Waals surface area contributed by atoms with Crippen LogP contribution in [0.4, 0.5) is 11.6 Å². The molecule has 1 aliphatic heterocycles. The lowest BCUT2D eigenvalue weighted by Crippen LogP contribution is -2.32. The van der Waals surface area contributed by atoms with Crippen LogP contribution in [0.1, 0.15) is 51.8 Å². The number of amides is 1. The highest BCUT2D eigenvalue weighted by atomic mass is 35.5. The summed E-state index contributed by atoms with van der Waals surface area (Å²) in [5.74, 6) is 1.60. The van der Waals surface area contributed by atoms with E-state index in [1.165, 1.54) is 11.9 Å². The number of anilines is 2. The number of piperidine rings is 1. The first-order valence-electron chi connectivity index (χ1n) is 13.6. The first-order chi connectivity index (χ1) is 20.2. The number of aromatic nitrogens is 4. The van der Waals surface area contributed by atoms with Crippen LogP contribution in [0.15, 0.2) is 47.4 Å². The Labute approximate surface area is 252 Å². The fourth-order valence-corrected chi connectivity index (χ4v) is 6.61. The van der Waals surface area contributed by atoms with Gasteiger partial charge in [0.2, 0.25) is 5.95 Å². The van der Waals surface area contributed by atoms with Crippen molar-refractivity contribution in [1.82, 2.24) is 24.2 Å². The van der Waals surface area contributed by atoms with Gasteiger partial charge in [0.15, 0.2) is 5.69 Å². The summed E-state index contributed by atoms with van der Waals surface area (Å²) in [4.78, 5) is 42.1. The van der Waals surface area contributed by atoms with E-state index >= 15 is 0 Å². The molecule has 3 aromatic heterocycles. The van der Waals surface area contributed by atoms with Gasteiger partial charge in [-0.3, -0.25) is 18.9 Å². The molecule has 1 aliphatic carbocycles. The predicted octanol–water partition coefficient (Wildman–Crippen LogP) is 4.59. The summed E-state index contributed by atoms with van der Waals surface area (Å²) in [7, 11) is 1.77. The summed E-state index contributed by atoms with van der Waals surface area (Å²) in [6.07, 6.45) is 3.57. The Morgan fingerprint density at radius 2 is 1.95 bits per heavy atom. The van der Waals surface area contributed by atoms with E-state index in [-0.39, 0.29) is 28.4 Å². The first kappa shape index (κ1) is 28.0. The van der Waals surface area contributed by atoms with E-state index in [1.54, 1.807) is 36.1 Å². The SMILES string of the molecule is CSNC(=O)c1nc(Cl)ccc1NC(C)c1cc(C)cc2c(=O)n(C)c(N3CC4C(C3)C4c3ccc(C#N)nc3)nc12. The van der Waals surface area contributed by atoms with Gasteiger partial charge in [0.1, 0.15) is 16.9 Å². The van der Waals surface area contributed by atoms with Crippen LogP contribution in [-0.2, 0) is 7.05 Å². The molecule has 6 rings (SSSR count). The summed E-state index contributed by atoms with van der Waals surface area (Å²) < 4.78 is 4.34. The summed E-state index contributed by atoms with van der Waals surface area (Å²) in [6.45, 7) is 5.51. The lowest BCUT2D eigenvalue weighted by molar-refractivity contribution is 0.0980. The highest BCUT2D eigenvalue weighted by molar-refractivity contribution is 7.97. The summed E-state index contributed by atoms with van der Waals surface area (Å²) in [5, 5.41) is 13.2. The van der Waals surface area contributed by atoms with Gasteiger partial charge in [-0.25, -0.2) is 15.0 Å². The van der Waals surface area contributed by atoms with E-state index in [4.69, 9.17) is 21.8 Å². The number of carbonyl (C=O) groups is 1. The van der Waals surface area contributed by atoms with Crippen molar-refractivity contribution in [1.29, 1.82) is 5.26 Å². The average Bonchev–Trinajstić information content (AvgIpc) is 3.48. The Bertz CT molecular complexity index is 1810. The van der Waals surface area contributed by atoms with Gasteiger partial charge >= 0.3 is 0 Å². The molecule has 4 aromatic rings. The highest BCUT2D eigenvalue weighted by Gasteiger charge is 2.57. The molecule has 3 atom stereocenters. The molecular formula is C30H29ClN8O2S. The molecule has 12 heteroatoms. The lowest BCUT2D eigenvalue weighted by Gasteiger charge is -2.25. The van der Waals surface area contributed by atoms with Crippen LogP contribution in [0.5, 0.6) is 0 Å². The maximum atomic E-state index is 13.6. The maximum Gasteiger partial charge on any atom is 0.281 e. The Hall–Kier alpha value is -4.14. The molecule has 0 bridgehead atoms. The number of nitrogens with one attached hydrogen (secondary N) is 2. The van der Waals surface area contributed by atoms with Crippen LogP contribution < -0.4 is 20.5 Å². The molecule has 2 N–H and O–H groups in total. The van der Waals surface area contributed by atoms with E-state index in [2.05, 4.69) is 31.0 Å². The van der Waals surface area contributed by atoms with E-state index in [9.17, 15) is 9.59 Å². The Morgan fingerprint density at radius 3 is 2.62 bits per heavy atom.